The van der Waals surface area contributed by atoms with Crippen LogP contribution in [0.2, 0.25) is 0 Å². The lowest BCUT2D eigenvalue weighted by molar-refractivity contribution is -0.124. The van der Waals surface area contributed by atoms with Crippen molar-refractivity contribution in [1.29, 1.82) is 0 Å². The molecule has 0 saturated heterocycles. The van der Waals surface area contributed by atoms with Crippen LogP contribution in [0.5, 0.6) is 0 Å². The van der Waals surface area contributed by atoms with Gasteiger partial charge in [-0.1, -0.05) is 27.2 Å². The van der Waals surface area contributed by atoms with Crippen molar-refractivity contribution in [2.24, 2.45) is 5.41 Å². The second-order valence-electron chi connectivity index (χ2n) is 4.18. The van der Waals surface area contributed by atoms with Crippen LogP contribution in [0.25, 0.3) is 0 Å². The largest absolute Gasteiger partial charge is 0.310 e. The van der Waals surface area contributed by atoms with Crippen molar-refractivity contribution in [2.45, 2.75) is 33.6 Å². The van der Waals surface area contributed by atoms with Gasteiger partial charge in [0.2, 0.25) is 5.91 Å². The molecule has 4 nitrogen and oxygen atoms in total. The van der Waals surface area contributed by atoms with Gasteiger partial charge in [0, 0.05) is 11.6 Å². The Hall–Kier alpha value is -1.45. The first kappa shape index (κ1) is 11.6. The SMILES string of the molecule is CCCC(C)(C)C(=O)Nc1ccncn1. The molecule has 0 bridgehead atoms. The summed E-state index contributed by atoms with van der Waals surface area (Å²) in [4.78, 5) is 19.6. The van der Waals surface area contributed by atoms with Gasteiger partial charge in [-0.3, -0.25) is 4.79 Å². The van der Waals surface area contributed by atoms with Gasteiger partial charge < -0.3 is 5.32 Å². The molecule has 0 aliphatic rings. The summed E-state index contributed by atoms with van der Waals surface area (Å²) in [6.07, 6.45) is 4.88. The molecule has 1 N–H and O–H groups in total. The van der Waals surface area contributed by atoms with E-state index >= 15 is 0 Å². The molecule has 0 atom stereocenters. The molecule has 1 rings (SSSR count). The molecule has 0 spiro atoms. The minimum absolute atomic E-state index is 0.00282. The summed E-state index contributed by atoms with van der Waals surface area (Å²) in [6, 6.07) is 1.68. The Labute approximate surface area is 90.1 Å². The van der Waals surface area contributed by atoms with Gasteiger partial charge >= 0.3 is 0 Å². The molecular formula is C11H17N3O. The Morgan fingerprint density at radius 3 is 2.80 bits per heavy atom. The van der Waals surface area contributed by atoms with E-state index in [1.807, 2.05) is 13.8 Å². The topological polar surface area (TPSA) is 54.9 Å². The smallest absolute Gasteiger partial charge is 0.231 e. The molecule has 0 saturated carbocycles. The van der Waals surface area contributed by atoms with Gasteiger partial charge in [0.1, 0.15) is 12.1 Å². The minimum Gasteiger partial charge on any atom is -0.310 e. The molecule has 0 unspecified atom stereocenters. The van der Waals surface area contributed by atoms with Crippen molar-refractivity contribution in [1.82, 2.24) is 9.97 Å². The third kappa shape index (κ3) is 3.31. The number of hydrogen-bond donors (Lipinski definition) is 1. The molecule has 0 aliphatic heterocycles. The summed E-state index contributed by atoms with van der Waals surface area (Å²) in [5.74, 6) is 0.558. The highest BCUT2D eigenvalue weighted by atomic mass is 16.2. The van der Waals surface area contributed by atoms with Crippen molar-refractivity contribution >= 4 is 11.7 Å². The summed E-state index contributed by atoms with van der Waals surface area (Å²) in [6.45, 7) is 5.94. The van der Waals surface area contributed by atoms with Gasteiger partial charge in [-0.2, -0.15) is 0 Å². The van der Waals surface area contributed by atoms with Crippen molar-refractivity contribution in [3.63, 3.8) is 0 Å². The van der Waals surface area contributed by atoms with Gasteiger partial charge in [0.25, 0.3) is 0 Å². The lowest BCUT2D eigenvalue weighted by atomic mass is 9.87. The fraction of sp³-hybridized carbons (Fsp3) is 0.545. The second kappa shape index (κ2) is 4.87. The van der Waals surface area contributed by atoms with Crippen LogP contribution in [0.1, 0.15) is 33.6 Å². The third-order valence-corrected chi connectivity index (χ3v) is 2.31. The van der Waals surface area contributed by atoms with E-state index in [-0.39, 0.29) is 11.3 Å². The van der Waals surface area contributed by atoms with E-state index in [1.165, 1.54) is 6.33 Å². The quantitative estimate of drug-likeness (QED) is 0.823. The number of aromatic nitrogens is 2. The van der Waals surface area contributed by atoms with E-state index in [0.29, 0.717) is 5.82 Å². The molecular weight excluding hydrogens is 190 g/mol. The number of nitrogens with one attached hydrogen (secondary N) is 1. The van der Waals surface area contributed by atoms with Crippen molar-refractivity contribution in [3.8, 4) is 0 Å². The number of anilines is 1. The van der Waals surface area contributed by atoms with E-state index in [1.54, 1.807) is 12.3 Å². The molecule has 0 aromatic carbocycles. The molecule has 0 radical (unpaired) electrons. The van der Waals surface area contributed by atoms with E-state index in [0.717, 1.165) is 12.8 Å². The molecule has 4 heteroatoms. The van der Waals surface area contributed by atoms with Crippen molar-refractivity contribution < 1.29 is 4.79 Å². The van der Waals surface area contributed by atoms with Gasteiger partial charge in [-0.25, -0.2) is 9.97 Å². The monoisotopic (exact) mass is 207 g/mol. The van der Waals surface area contributed by atoms with Crippen LogP contribution >= 0.6 is 0 Å². The molecule has 1 amide bonds. The number of rotatable bonds is 4. The first-order chi connectivity index (χ1) is 7.06. The van der Waals surface area contributed by atoms with Crippen molar-refractivity contribution in [3.05, 3.63) is 18.6 Å². The van der Waals surface area contributed by atoms with Crippen molar-refractivity contribution in [2.75, 3.05) is 5.32 Å². The fourth-order valence-corrected chi connectivity index (χ4v) is 1.39. The number of amides is 1. The first-order valence-corrected chi connectivity index (χ1v) is 5.13. The predicted octanol–water partition coefficient (Wildman–Crippen LogP) is 2.24. The molecule has 1 aromatic heterocycles. The maximum atomic E-state index is 11.9. The number of carbonyl (C=O) groups is 1. The average Bonchev–Trinajstić information content (AvgIpc) is 2.19. The lowest BCUT2D eigenvalue weighted by Gasteiger charge is -2.22. The summed E-state index contributed by atoms with van der Waals surface area (Å²) >= 11 is 0. The summed E-state index contributed by atoms with van der Waals surface area (Å²) in [5, 5.41) is 2.78. The van der Waals surface area contributed by atoms with Crippen LogP contribution in [0.3, 0.4) is 0 Å². The standard InChI is InChI=1S/C11H17N3O/c1-4-6-11(2,3)10(15)14-9-5-7-12-8-13-9/h5,7-8H,4,6H2,1-3H3,(H,12,13,14,15). The van der Waals surface area contributed by atoms with E-state index in [9.17, 15) is 4.79 Å². The number of nitrogens with zero attached hydrogens (tertiary/aromatic N) is 2. The van der Waals surface area contributed by atoms with E-state index in [4.69, 9.17) is 0 Å². The number of carbonyl (C=O) groups excluding carboxylic acids is 1. The minimum atomic E-state index is -0.348. The Morgan fingerprint density at radius 2 is 2.27 bits per heavy atom. The maximum absolute atomic E-state index is 11.9. The number of hydrogen-bond acceptors (Lipinski definition) is 3. The Kier molecular flexibility index (Phi) is 3.77. The highest BCUT2D eigenvalue weighted by Gasteiger charge is 2.26. The van der Waals surface area contributed by atoms with Gasteiger partial charge in [0.05, 0.1) is 0 Å². The molecule has 1 aromatic rings. The summed E-state index contributed by atoms with van der Waals surface area (Å²) in [7, 11) is 0. The highest BCUT2D eigenvalue weighted by molar-refractivity contribution is 5.93. The van der Waals surface area contributed by atoms with Crippen LogP contribution in [0.15, 0.2) is 18.6 Å². The predicted molar refractivity (Wildman–Crippen MR) is 59.4 cm³/mol. The van der Waals surface area contributed by atoms with Gasteiger partial charge in [-0.05, 0) is 12.5 Å². The van der Waals surface area contributed by atoms with Gasteiger partial charge in [0.15, 0.2) is 0 Å². The van der Waals surface area contributed by atoms with Crippen LogP contribution in [-0.4, -0.2) is 15.9 Å². The fourth-order valence-electron chi connectivity index (χ4n) is 1.39. The zero-order valence-electron chi connectivity index (χ0n) is 9.45. The molecule has 82 valence electrons. The molecule has 15 heavy (non-hydrogen) atoms. The van der Waals surface area contributed by atoms with Crippen LogP contribution < -0.4 is 5.32 Å². The Bertz CT molecular complexity index is 322. The molecule has 1 heterocycles. The maximum Gasteiger partial charge on any atom is 0.231 e. The molecule has 0 fully saturated rings. The van der Waals surface area contributed by atoms with Crippen LogP contribution in [0, 0.1) is 5.41 Å². The van der Waals surface area contributed by atoms with E-state index < -0.39 is 0 Å². The summed E-state index contributed by atoms with van der Waals surface area (Å²) < 4.78 is 0. The van der Waals surface area contributed by atoms with Crippen LogP contribution in [-0.2, 0) is 4.79 Å². The zero-order valence-corrected chi connectivity index (χ0v) is 9.45. The first-order valence-electron chi connectivity index (χ1n) is 5.13. The second-order valence-corrected chi connectivity index (χ2v) is 4.18. The normalized spacial score (nSPS) is 11.1. The Morgan fingerprint density at radius 1 is 1.53 bits per heavy atom. The zero-order chi connectivity index (χ0) is 11.3. The highest BCUT2D eigenvalue weighted by Crippen LogP contribution is 2.23. The van der Waals surface area contributed by atoms with E-state index in [2.05, 4.69) is 22.2 Å². The summed E-state index contributed by atoms with van der Waals surface area (Å²) in [5.41, 5.74) is -0.348. The molecule has 0 aliphatic carbocycles. The van der Waals surface area contributed by atoms with Gasteiger partial charge in [-0.15, -0.1) is 0 Å². The lowest BCUT2D eigenvalue weighted by Crippen LogP contribution is -2.30. The Balaban J connectivity index is 2.63. The third-order valence-electron chi connectivity index (χ3n) is 2.31. The van der Waals surface area contributed by atoms with Crippen LogP contribution in [0.4, 0.5) is 5.82 Å². The average molecular weight is 207 g/mol.